The van der Waals surface area contributed by atoms with Gasteiger partial charge in [-0.3, -0.25) is 0 Å². The van der Waals surface area contributed by atoms with Crippen molar-refractivity contribution in [1.29, 1.82) is 0 Å². The molecule has 2 N–H and O–H groups in total. The van der Waals surface area contributed by atoms with Crippen molar-refractivity contribution in [3.8, 4) is 0 Å². The maximum absolute atomic E-state index is 10.8. The quantitative estimate of drug-likeness (QED) is 0.613. The predicted molar refractivity (Wildman–Crippen MR) is 52.7 cm³/mol. The number of nitrogens with one attached hydrogen (secondary N) is 1. The molecule has 0 fully saturated rings. The fourth-order valence-corrected chi connectivity index (χ4v) is 0.992. The predicted octanol–water partition coefficient (Wildman–Crippen LogP) is 0.612. The van der Waals surface area contributed by atoms with E-state index >= 15 is 0 Å². The summed E-state index contributed by atoms with van der Waals surface area (Å²) in [5.74, 6) is -1.07. The van der Waals surface area contributed by atoms with E-state index in [0.717, 1.165) is 0 Å². The van der Waals surface area contributed by atoms with E-state index in [1.54, 1.807) is 0 Å². The number of carboxylic acids is 1. The Bertz CT molecular complexity index is 207. The molecule has 0 aliphatic carbocycles. The number of methoxy groups -OCH3 is 1. The van der Waals surface area contributed by atoms with Gasteiger partial charge in [-0.05, 0) is 19.8 Å². The fourth-order valence-electron chi connectivity index (χ4n) is 0.992. The fraction of sp³-hybridized carbons (Fsp3) is 0.778. The number of carbonyl (C=O) groups is 2. The molecule has 0 aliphatic heterocycles. The van der Waals surface area contributed by atoms with Crippen LogP contribution < -0.4 is 5.32 Å². The monoisotopic (exact) mass is 219 g/mol. The molecule has 1 atom stereocenters. The second-order valence-electron chi connectivity index (χ2n) is 2.87. The lowest BCUT2D eigenvalue weighted by Gasteiger charge is -2.13. The number of aliphatic carboxylic acids is 1. The Labute approximate surface area is 88.6 Å². The van der Waals surface area contributed by atoms with Crippen LogP contribution in [0.15, 0.2) is 0 Å². The molecule has 88 valence electrons. The lowest BCUT2D eigenvalue weighted by atomic mass is 10.1. The van der Waals surface area contributed by atoms with E-state index < -0.39 is 18.1 Å². The van der Waals surface area contributed by atoms with Gasteiger partial charge in [0.1, 0.15) is 6.04 Å². The van der Waals surface area contributed by atoms with E-state index in [1.165, 1.54) is 7.11 Å². The molecule has 0 bridgehead atoms. The summed E-state index contributed by atoms with van der Waals surface area (Å²) < 4.78 is 9.37. The number of carbonyl (C=O) groups excluding carboxylic acids is 1. The molecule has 0 saturated carbocycles. The molecule has 6 heteroatoms. The zero-order valence-electron chi connectivity index (χ0n) is 8.99. The SMILES string of the molecule is CCOCCC[C@H](NC(=O)OC)C(=O)O. The lowest BCUT2D eigenvalue weighted by molar-refractivity contribution is -0.139. The van der Waals surface area contributed by atoms with Crippen LogP contribution in [0, 0.1) is 0 Å². The van der Waals surface area contributed by atoms with Crippen molar-refractivity contribution < 1.29 is 24.2 Å². The molecule has 0 heterocycles. The Hall–Kier alpha value is -1.30. The van der Waals surface area contributed by atoms with Gasteiger partial charge in [0.15, 0.2) is 0 Å². The van der Waals surface area contributed by atoms with Crippen molar-refractivity contribution in [1.82, 2.24) is 5.32 Å². The van der Waals surface area contributed by atoms with Gasteiger partial charge in [-0.25, -0.2) is 9.59 Å². The summed E-state index contributed by atoms with van der Waals surface area (Å²) in [6, 6.07) is -0.919. The van der Waals surface area contributed by atoms with E-state index in [-0.39, 0.29) is 0 Å². The highest BCUT2D eigenvalue weighted by molar-refractivity contribution is 5.79. The van der Waals surface area contributed by atoms with Crippen molar-refractivity contribution in [2.75, 3.05) is 20.3 Å². The van der Waals surface area contributed by atoms with Crippen LogP contribution >= 0.6 is 0 Å². The zero-order valence-corrected chi connectivity index (χ0v) is 8.99. The summed E-state index contributed by atoms with van der Waals surface area (Å²) in [4.78, 5) is 21.5. The molecule has 0 aromatic heterocycles. The van der Waals surface area contributed by atoms with Crippen molar-refractivity contribution in [2.24, 2.45) is 0 Å². The molecule has 0 radical (unpaired) electrons. The molecule has 0 spiro atoms. The van der Waals surface area contributed by atoms with Gasteiger partial charge in [-0.2, -0.15) is 0 Å². The van der Waals surface area contributed by atoms with Gasteiger partial charge in [0.25, 0.3) is 0 Å². The second kappa shape index (κ2) is 8.05. The minimum Gasteiger partial charge on any atom is -0.480 e. The van der Waals surface area contributed by atoms with Crippen LogP contribution in [0.3, 0.4) is 0 Å². The molecule has 0 aromatic rings. The highest BCUT2D eigenvalue weighted by Crippen LogP contribution is 1.99. The summed E-state index contributed by atoms with van der Waals surface area (Å²) in [6.07, 6.45) is 0.165. The molecule has 15 heavy (non-hydrogen) atoms. The average Bonchev–Trinajstić information content (AvgIpc) is 2.21. The Morgan fingerprint density at radius 2 is 2.13 bits per heavy atom. The summed E-state index contributed by atoms with van der Waals surface area (Å²) in [7, 11) is 1.19. The zero-order chi connectivity index (χ0) is 11.7. The third kappa shape index (κ3) is 6.73. The normalized spacial score (nSPS) is 11.9. The first-order valence-electron chi connectivity index (χ1n) is 4.76. The molecular formula is C9H17NO5. The van der Waals surface area contributed by atoms with Gasteiger partial charge >= 0.3 is 12.1 Å². The van der Waals surface area contributed by atoms with Crippen LogP contribution in [0.5, 0.6) is 0 Å². The minimum atomic E-state index is -1.07. The molecule has 0 aliphatic rings. The number of amides is 1. The highest BCUT2D eigenvalue weighted by atomic mass is 16.5. The summed E-state index contributed by atoms with van der Waals surface area (Å²) >= 11 is 0. The average molecular weight is 219 g/mol. The van der Waals surface area contributed by atoms with Gasteiger partial charge < -0.3 is 19.9 Å². The maximum Gasteiger partial charge on any atom is 0.407 e. The van der Waals surface area contributed by atoms with E-state index in [1.807, 2.05) is 6.92 Å². The van der Waals surface area contributed by atoms with Gasteiger partial charge in [-0.15, -0.1) is 0 Å². The van der Waals surface area contributed by atoms with E-state index in [2.05, 4.69) is 10.1 Å². The van der Waals surface area contributed by atoms with Crippen molar-refractivity contribution in [2.45, 2.75) is 25.8 Å². The number of carboxylic acid groups (broad SMARTS) is 1. The Morgan fingerprint density at radius 3 is 2.60 bits per heavy atom. The minimum absolute atomic E-state index is 0.324. The third-order valence-corrected chi connectivity index (χ3v) is 1.76. The lowest BCUT2D eigenvalue weighted by Crippen LogP contribution is -2.40. The van der Waals surface area contributed by atoms with Gasteiger partial charge in [0.05, 0.1) is 7.11 Å². The van der Waals surface area contributed by atoms with E-state index in [4.69, 9.17) is 9.84 Å². The summed E-state index contributed by atoms with van der Waals surface area (Å²) in [5, 5.41) is 11.0. The highest BCUT2D eigenvalue weighted by Gasteiger charge is 2.19. The van der Waals surface area contributed by atoms with Crippen LogP contribution in [-0.2, 0) is 14.3 Å². The van der Waals surface area contributed by atoms with Gasteiger partial charge in [0.2, 0.25) is 0 Å². The molecule has 1 amide bonds. The van der Waals surface area contributed by atoms with Crippen LogP contribution in [0.25, 0.3) is 0 Å². The molecule has 6 nitrogen and oxygen atoms in total. The van der Waals surface area contributed by atoms with Crippen molar-refractivity contribution in [3.63, 3.8) is 0 Å². The number of alkyl carbamates (subject to hydrolysis) is 1. The Balaban J connectivity index is 3.84. The van der Waals surface area contributed by atoms with Gasteiger partial charge in [0, 0.05) is 13.2 Å². The molecule has 0 unspecified atom stereocenters. The Morgan fingerprint density at radius 1 is 1.47 bits per heavy atom. The largest absolute Gasteiger partial charge is 0.480 e. The maximum atomic E-state index is 10.8. The number of rotatable bonds is 7. The van der Waals surface area contributed by atoms with Crippen molar-refractivity contribution >= 4 is 12.1 Å². The van der Waals surface area contributed by atoms with Crippen molar-refractivity contribution in [3.05, 3.63) is 0 Å². The van der Waals surface area contributed by atoms with Crippen LogP contribution in [-0.4, -0.2) is 43.5 Å². The molecular weight excluding hydrogens is 202 g/mol. The smallest absolute Gasteiger partial charge is 0.407 e. The number of hydrogen-bond donors (Lipinski definition) is 2. The van der Waals surface area contributed by atoms with E-state index in [0.29, 0.717) is 26.1 Å². The molecule has 0 saturated heterocycles. The summed E-state index contributed by atoms with van der Waals surface area (Å²) in [5.41, 5.74) is 0. The van der Waals surface area contributed by atoms with Crippen LogP contribution in [0.4, 0.5) is 4.79 Å². The number of hydrogen-bond acceptors (Lipinski definition) is 4. The molecule has 0 rings (SSSR count). The first-order chi connectivity index (χ1) is 7.11. The van der Waals surface area contributed by atoms with Gasteiger partial charge in [-0.1, -0.05) is 0 Å². The second-order valence-corrected chi connectivity index (χ2v) is 2.87. The number of ether oxygens (including phenoxy) is 2. The van der Waals surface area contributed by atoms with Crippen LogP contribution in [0.2, 0.25) is 0 Å². The first kappa shape index (κ1) is 13.7. The first-order valence-corrected chi connectivity index (χ1v) is 4.76. The third-order valence-electron chi connectivity index (χ3n) is 1.76. The molecule has 0 aromatic carbocycles. The Kier molecular flexibility index (Phi) is 7.35. The topological polar surface area (TPSA) is 84.9 Å². The summed E-state index contributed by atoms with van der Waals surface area (Å²) in [6.45, 7) is 2.95. The van der Waals surface area contributed by atoms with E-state index in [9.17, 15) is 9.59 Å². The van der Waals surface area contributed by atoms with Crippen LogP contribution in [0.1, 0.15) is 19.8 Å². The standard InChI is InChI=1S/C9H17NO5/c1-3-15-6-4-5-7(8(11)12)10-9(13)14-2/h7H,3-6H2,1-2H3,(H,10,13)(H,11,12)/t7-/m0/s1.